The number of aliphatic imine (C=N–C) groups is 1. The zero-order valence-electron chi connectivity index (χ0n) is 10.7. The molecule has 0 atom stereocenters. The van der Waals surface area contributed by atoms with Crippen molar-refractivity contribution in [3.63, 3.8) is 0 Å². The maximum absolute atomic E-state index is 9.20. The maximum Gasteiger partial charge on any atom is 0.191 e. The van der Waals surface area contributed by atoms with Gasteiger partial charge in [-0.15, -0.1) is 24.0 Å². The molecule has 1 aliphatic rings. The Labute approximate surface area is 125 Å². The first kappa shape index (κ1) is 17.3. The molecule has 0 spiro atoms. The quantitative estimate of drug-likeness (QED) is 0.273. The van der Waals surface area contributed by atoms with E-state index < -0.39 is 0 Å². The summed E-state index contributed by atoms with van der Waals surface area (Å²) in [6, 6.07) is 0. The van der Waals surface area contributed by atoms with Crippen LogP contribution in [-0.4, -0.2) is 49.3 Å². The molecular weight excluding hydrogens is 349 g/mol. The smallest absolute Gasteiger partial charge is 0.191 e. The second-order valence-electron chi connectivity index (χ2n) is 4.27. The van der Waals surface area contributed by atoms with Crippen molar-refractivity contribution in [3.05, 3.63) is 0 Å². The van der Waals surface area contributed by atoms with E-state index in [1.807, 2.05) is 11.8 Å². The molecule has 1 fully saturated rings. The fourth-order valence-corrected chi connectivity index (χ4v) is 1.71. The van der Waals surface area contributed by atoms with Gasteiger partial charge >= 0.3 is 0 Å². The molecule has 102 valence electrons. The van der Waals surface area contributed by atoms with Crippen LogP contribution in [0.15, 0.2) is 4.99 Å². The Balaban J connectivity index is 0.00000256. The molecule has 0 saturated heterocycles. The lowest BCUT2D eigenvalue weighted by molar-refractivity contribution is 0.217. The van der Waals surface area contributed by atoms with Crippen LogP contribution in [0.2, 0.25) is 0 Å². The topological polar surface area (TPSA) is 56.7 Å². The molecule has 3 N–H and O–H groups in total. The Hall–Kier alpha value is 0.310. The number of hydrogen-bond acceptors (Lipinski definition) is 3. The summed E-state index contributed by atoms with van der Waals surface area (Å²) >= 11 is 1.82. The lowest BCUT2D eigenvalue weighted by Crippen LogP contribution is -2.39. The molecule has 0 aromatic rings. The Morgan fingerprint density at radius 2 is 2.12 bits per heavy atom. The van der Waals surface area contributed by atoms with Crippen LogP contribution >= 0.6 is 35.7 Å². The van der Waals surface area contributed by atoms with Gasteiger partial charge in [-0.25, -0.2) is 0 Å². The van der Waals surface area contributed by atoms with Gasteiger partial charge in [0, 0.05) is 24.3 Å². The fraction of sp³-hybridized carbons (Fsp3) is 0.909. The summed E-state index contributed by atoms with van der Waals surface area (Å²) in [5.41, 5.74) is 0.0991. The van der Waals surface area contributed by atoms with Gasteiger partial charge in [0.15, 0.2) is 5.96 Å². The molecule has 0 aliphatic heterocycles. The SMILES string of the molecule is CCNC(=NCC1(CO)CC1)NCCSC.I. The van der Waals surface area contributed by atoms with Crippen molar-refractivity contribution < 1.29 is 5.11 Å². The normalized spacial score (nSPS) is 17.2. The zero-order valence-corrected chi connectivity index (χ0v) is 13.8. The highest BCUT2D eigenvalue weighted by molar-refractivity contribution is 14.0. The number of aliphatic hydroxyl groups is 1. The first-order chi connectivity index (χ1) is 7.76. The van der Waals surface area contributed by atoms with Crippen LogP contribution in [0.3, 0.4) is 0 Å². The maximum atomic E-state index is 9.20. The van der Waals surface area contributed by atoms with Gasteiger partial charge in [-0.1, -0.05) is 0 Å². The Morgan fingerprint density at radius 1 is 1.41 bits per heavy atom. The van der Waals surface area contributed by atoms with Gasteiger partial charge in [-0.05, 0) is 26.0 Å². The highest BCUT2D eigenvalue weighted by Crippen LogP contribution is 2.45. The van der Waals surface area contributed by atoms with Crippen LogP contribution in [0, 0.1) is 5.41 Å². The van der Waals surface area contributed by atoms with Crippen LogP contribution in [0.4, 0.5) is 0 Å². The first-order valence-corrected chi connectivity index (χ1v) is 7.28. The van der Waals surface area contributed by atoms with Crippen molar-refractivity contribution >= 4 is 41.7 Å². The Bertz CT molecular complexity index is 235. The molecule has 1 rings (SSSR count). The van der Waals surface area contributed by atoms with Crippen LogP contribution in [0.5, 0.6) is 0 Å². The predicted octanol–water partition coefficient (Wildman–Crippen LogP) is 1.29. The Morgan fingerprint density at radius 3 is 2.59 bits per heavy atom. The molecule has 1 aliphatic carbocycles. The molecular formula is C11H24IN3OS. The summed E-state index contributed by atoms with van der Waals surface area (Å²) in [6.45, 7) is 4.86. The summed E-state index contributed by atoms with van der Waals surface area (Å²) in [5.74, 6) is 1.95. The molecule has 0 radical (unpaired) electrons. The molecule has 0 aromatic carbocycles. The molecule has 0 aromatic heterocycles. The van der Waals surface area contributed by atoms with E-state index >= 15 is 0 Å². The number of aliphatic hydroxyl groups excluding tert-OH is 1. The number of hydrogen-bond donors (Lipinski definition) is 3. The third kappa shape index (κ3) is 6.71. The van der Waals surface area contributed by atoms with E-state index in [0.29, 0.717) is 0 Å². The highest BCUT2D eigenvalue weighted by Gasteiger charge is 2.41. The number of guanidine groups is 1. The third-order valence-electron chi connectivity index (χ3n) is 2.81. The molecule has 4 nitrogen and oxygen atoms in total. The minimum Gasteiger partial charge on any atom is -0.396 e. The number of halogens is 1. The minimum atomic E-state index is 0. The average Bonchev–Trinajstić information content (AvgIpc) is 3.07. The standard InChI is InChI=1S/C11H23N3OS.HI/c1-3-12-10(13-6-7-16-2)14-8-11(9-15)4-5-11;/h15H,3-9H2,1-2H3,(H2,12,13,14);1H. The summed E-state index contributed by atoms with van der Waals surface area (Å²) in [5, 5.41) is 15.7. The van der Waals surface area contributed by atoms with Crippen LogP contribution in [0.25, 0.3) is 0 Å². The highest BCUT2D eigenvalue weighted by atomic mass is 127. The number of rotatable bonds is 7. The first-order valence-electron chi connectivity index (χ1n) is 5.88. The van der Waals surface area contributed by atoms with Crippen molar-refractivity contribution in [2.45, 2.75) is 19.8 Å². The van der Waals surface area contributed by atoms with E-state index in [9.17, 15) is 5.11 Å². The number of nitrogens with one attached hydrogen (secondary N) is 2. The van der Waals surface area contributed by atoms with Gasteiger partial charge in [0.1, 0.15) is 0 Å². The monoisotopic (exact) mass is 373 g/mol. The van der Waals surface area contributed by atoms with Crippen LogP contribution in [0.1, 0.15) is 19.8 Å². The molecule has 0 unspecified atom stereocenters. The van der Waals surface area contributed by atoms with E-state index in [4.69, 9.17) is 0 Å². The van der Waals surface area contributed by atoms with Crippen molar-refractivity contribution in [1.29, 1.82) is 0 Å². The largest absolute Gasteiger partial charge is 0.396 e. The van der Waals surface area contributed by atoms with Crippen molar-refractivity contribution in [2.75, 3.05) is 38.2 Å². The van der Waals surface area contributed by atoms with Gasteiger partial charge in [-0.3, -0.25) is 4.99 Å². The summed E-state index contributed by atoms with van der Waals surface area (Å²) in [7, 11) is 0. The van der Waals surface area contributed by atoms with E-state index in [-0.39, 0.29) is 36.0 Å². The molecule has 17 heavy (non-hydrogen) atoms. The fourth-order valence-electron chi connectivity index (χ4n) is 1.40. The minimum absolute atomic E-state index is 0. The van der Waals surface area contributed by atoms with Crippen LogP contribution in [-0.2, 0) is 0 Å². The summed E-state index contributed by atoms with van der Waals surface area (Å²) in [6.07, 6.45) is 4.31. The van der Waals surface area contributed by atoms with E-state index in [2.05, 4.69) is 28.8 Å². The van der Waals surface area contributed by atoms with Crippen molar-refractivity contribution in [3.8, 4) is 0 Å². The van der Waals surface area contributed by atoms with E-state index in [1.54, 1.807) is 0 Å². The van der Waals surface area contributed by atoms with E-state index in [1.165, 1.54) is 0 Å². The summed E-state index contributed by atoms with van der Waals surface area (Å²) < 4.78 is 0. The van der Waals surface area contributed by atoms with Gasteiger partial charge in [0.25, 0.3) is 0 Å². The second kappa shape index (κ2) is 9.27. The number of nitrogens with zero attached hydrogens (tertiary/aromatic N) is 1. The van der Waals surface area contributed by atoms with Gasteiger partial charge < -0.3 is 15.7 Å². The second-order valence-corrected chi connectivity index (χ2v) is 5.26. The van der Waals surface area contributed by atoms with E-state index in [0.717, 1.165) is 44.2 Å². The third-order valence-corrected chi connectivity index (χ3v) is 3.42. The van der Waals surface area contributed by atoms with Crippen molar-refractivity contribution in [1.82, 2.24) is 10.6 Å². The van der Waals surface area contributed by atoms with Gasteiger partial charge in [0.05, 0.1) is 13.2 Å². The van der Waals surface area contributed by atoms with Crippen LogP contribution < -0.4 is 10.6 Å². The summed E-state index contributed by atoms with van der Waals surface area (Å²) in [4.78, 5) is 4.52. The molecule has 0 bridgehead atoms. The zero-order chi connectivity index (χ0) is 11.9. The molecule has 6 heteroatoms. The Kier molecular flexibility index (Phi) is 9.44. The molecule has 0 amide bonds. The predicted molar refractivity (Wildman–Crippen MR) is 86.5 cm³/mol. The average molecular weight is 373 g/mol. The molecule has 1 saturated carbocycles. The van der Waals surface area contributed by atoms with Gasteiger partial charge in [-0.2, -0.15) is 11.8 Å². The lowest BCUT2D eigenvalue weighted by atomic mass is 10.1. The molecule has 0 heterocycles. The van der Waals surface area contributed by atoms with Gasteiger partial charge in [0.2, 0.25) is 0 Å². The lowest BCUT2D eigenvalue weighted by Gasteiger charge is -2.13. The number of thioether (sulfide) groups is 1. The van der Waals surface area contributed by atoms with Crippen molar-refractivity contribution in [2.24, 2.45) is 10.4 Å².